The fraction of sp³-hybridized carbons (Fsp3) is 0.400. The molecule has 2 aliphatic heterocycles. The van der Waals surface area contributed by atoms with Crippen molar-refractivity contribution >= 4 is 23.2 Å². The Bertz CT molecular complexity index is 774. The number of nitrogens with two attached hydrogens (primary N) is 1. The van der Waals surface area contributed by atoms with Gasteiger partial charge >= 0.3 is 0 Å². The molecule has 5 heteroatoms. The van der Waals surface area contributed by atoms with Gasteiger partial charge in [-0.2, -0.15) is 11.3 Å². The van der Waals surface area contributed by atoms with Gasteiger partial charge in [0.25, 0.3) is 0 Å². The molecular formula is C20H22N2O2S. The largest absolute Gasteiger partial charge is 0.369 e. The number of fused-ring (bicyclic) bond motifs is 2. The first kappa shape index (κ1) is 16.3. The van der Waals surface area contributed by atoms with E-state index in [1.165, 1.54) is 0 Å². The minimum Gasteiger partial charge on any atom is -0.369 e. The zero-order valence-corrected chi connectivity index (χ0v) is 14.9. The van der Waals surface area contributed by atoms with Crippen LogP contribution in [-0.4, -0.2) is 28.8 Å². The summed E-state index contributed by atoms with van der Waals surface area (Å²) in [6.45, 7) is 0. The van der Waals surface area contributed by atoms with Crippen molar-refractivity contribution in [2.45, 2.75) is 44.2 Å². The molecule has 0 unspecified atom stereocenters. The topological polar surface area (TPSA) is 63.4 Å². The summed E-state index contributed by atoms with van der Waals surface area (Å²) in [4.78, 5) is 27.4. The third kappa shape index (κ3) is 2.76. The third-order valence-electron chi connectivity index (χ3n) is 5.82. The minimum absolute atomic E-state index is 0.0682. The predicted octanol–water partition coefficient (Wildman–Crippen LogP) is 2.77. The number of hydrogen-bond donors (Lipinski definition) is 1. The molecule has 0 radical (unpaired) electrons. The molecule has 2 aromatic rings. The summed E-state index contributed by atoms with van der Waals surface area (Å²) < 4.78 is 0. The molecule has 0 spiro atoms. The second kappa shape index (κ2) is 6.30. The van der Waals surface area contributed by atoms with Crippen molar-refractivity contribution in [3.05, 3.63) is 58.3 Å². The van der Waals surface area contributed by atoms with Gasteiger partial charge in [0.1, 0.15) is 0 Å². The molecule has 2 bridgehead atoms. The van der Waals surface area contributed by atoms with Crippen molar-refractivity contribution < 1.29 is 9.59 Å². The molecule has 130 valence electrons. The molecule has 2 saturated heterocycles. The lowest BCUT2D eigenvalue weighted by molar-refractivity contribution is -0.134. The van der Waals surface area contributed by atoms with E-state index < -0.39 is 5.41 Å². The van der Waals surface area contributed by atoms with Gasteiger partial charge in [-0.15, -0.1) is 0 Å². The summed E-state index contributed by atoms with van der Waals surface area (Å²) >= 11 is 1.60. The molecule has 2 amide bonds. The maximum Gasteiger partial charge on any atom is 0.227 e. The van der Waals surface area contributed by atoms with E-state index >= 15 is 0 Å². The van der Waals surface area contributed by atoms with Crippen molar-refractivity contribution in [2.24, 2.45) is 11.1 Å². The highest BCUT2D eigenvalue weighted by Gasteiger charge is 2.60. The number of benzene rings is 1. The van der Waals surface area contributed by atoms with Crippen LogP contribution in [0.2, 0.25) is 0 Å². The van der Waals surface area contributed by atoms with Crippen molar-refractivity contribution in [3.63, 3.8) is 0 Å². The molecule has 0 saturated carbocycles. The highest BCUT2D eigenvalue weighted by Crippen LogP contribution is 2.51. The maximum atomic E-state index is 12.9. The summed E-state index contributed by atoms with van der Waals surface area (Å²) in [7, 11) is 0. The Morgan fingerprint density at radius 2 is 1.96 bits per heavy atom. The van der Waals surface area contributed by atoms with E-state index in [2.05, 4.69) is 0 Å². The van der Waals surface area contributed by atoms with Crippen LogP contribution in [0.15, 0.2) is 47.2 Å². The first-order chi connectivity index (χ1) is 12.1. The maximum absolute atomic E-state index is 12.9. The van der Waals surface area contributed by atoms with E-state index in [9.17, 15) is 9.59 Å². The Morgan fingerprint density at radius 3 is 2.64 bits per heavy atom. The Morgan fingerprint density at radius 1 is 1.16 bits per heavy atom. The van der Waals surface area contributed by atoms with Crippen LogP contribution in [0, 0.1) is 5.41 Å². The van der Waals surface area contributed by atoms with Crippen LogP contribution in [0.4, 0.5) is 0 Å². The molecule has 4 rings (SSSR count). The van der Waals surface area contributed by atoms with Gasteiger partial charge in [0.15, 0.2) is 0 Å². The highest BCUT2D eigenvalue weighted by molar-refractivity contribution is 7.08. The van der Waals surface area contributed by atoms with Crippen molar-refractivity contribution in [2.75, 3.05) is 0 Å². The SMILES string of the molecule is NC(=O)[C@]1(Cc2ccccc2)C[C@@H]2CC[C@H]1N2C(=O)Cc1ccsc1. The Hall–Kier alpha value is -2.14. The van der Waals surface area contributed by atoms with E-state index in [1.807, 2.05) is 52.1 Å². The van der Waals surface area contributed by atoms with Gasteiger partial charge in [0.05, 0.1) is 11.8 Å². The Labute approximate surface area is 151 Å². The van der Waals surface area contributed by atoms with Crippen LogP contribution in [0.5, 0.6) is 0 Å². The van der Waals surface area contributed by atoms with Gasteiger partial charge in [-0.3, -0.25) is 9.59 Å². The molecule has 1 aromatic heterocycles. The van der Waals surface area contributed by atoms with Crippen LogP contribution >= 0.6 is 11.3 Å². The van der Waals surface area contributed by atoms with E-state index in [0.717, 1.165) is 24.0 Å². The molecular weight excluding hydrogens is 332 g/mol. The lowest BCUT2D eigenvalue weighted by atomic mass is 9.69. The standard InChI is InChI=1S/C20H22N2O2S/c21-19(24)20(11-14-4-2-1-3-5-14)12-16-6-7-17(20)22(16)18(23)10-15-8-9-25-13-15/h1-5,8-9,13,16-17H,6-7,10-12H2,(H2,21,24)/t16-,17+,20+/m0/s1. The predicted molar refractivity (Wildman–Crippen MR) is 98.1 cm³/mol. The zero-order valence-electron chi connectivity index (χ0n) is 14.1. The average molecular weight is 354 g/mol. The molecule has 3 atom stereocenters. The Kier molecular flexibility index (Phi) is 4.12. The molecule has 2 N–H and O–H groups in total. The third-order valence-corrected chi connectivity index (χ3v) is 6.55. The molecule has 4 nitrogen and oxygen atoms in total. The number of carbonyl (C=O) groups is 2. The fourth-order valence-electron chi connectivity index (χ4n) is 4.72. The fourth-order valence-corrected chi connectivity index (χ4v) is 5.39. The van der Waals surface area contributed by atoms with Crippen LogP contribution in [-0.2, 0) is 22.4 Å². The summed E-state index contributed by atoms with van der Waals surface area (Å²) in [5.41, 5.74) is 7.42. The van der Waals surface area contributed by atoms with Crippen LogP contribution in [0.25, 0.3) is 0 Å². The summed E-state index contributed by atoms with van der Waals surface area (Å²) in [6, 6.07) is 12.1. The van der Waals surface area contributed by atoms with Gasteiger partial charge in [-0.25, -0.2) is 0 Å². The lowest BCUT2D eigenvalue weighted by Crippen LogP contribution is -2.49. The molecule has 2 aliphatic rings. The van der Waals surface area contributed by atoms with E-state index in [1.54, 1.807) is 11.3 Å². The Balaban J connectivity index is 1.60. The molecule has 0 aliphatic carbocycles. The van der Waals surface area contributed by atoms with Gasteiger partial charge in [0, 0.05) is 12.1 Å². The highest BCUT2D eigenvalue weighted by atomic mass is 32.1. The number of amides is 2. The van der Waals surface area contributed by atoms with Crippen LogP contribution in [0.3, 0.4) is 0 Å². The number of carbonyl (C=O) groups excluding carboxylic acids is 2. The minimum atomic E-state index is -0.630. The number of nitrogens with zero attached hydrogens (tertiary/aromatic N) is 1. The quantitative estimate of drug-likeness (QED) is 0.897. The smallest absolute Gasteiger partial charge is 0.227 e. The molecule has 2 fully saturated rings. The second-order valence-corrected chi connectivity index (χ2v) is 8.02. The van der Waals surface area contributed by atoms with Crippen molar-refractivity contribution in [3.8, 4) is 0 Å². The van der Waals surface area contributed by atoms with Gasteiger partial charge in [-0.05, 0) is 53.6 Å². The number of rotatable bonds is 5. The first-order valence-electron chi connectivity index (χ1n) is 8.76. The van der Waals surface area contributed by atoms with Crippen LogP contribution < -0.4 is 5.73 Å². The summed E-state index contributed by atoms with van der Waals surface area (Å²) in [5, 5.41) is 4.01. The molecule has 1 aromatic carbocycles. The second-order valence-electron chi connectivity index (χ2n) is 7.24. The normalized spacial score (nSPS) is 27.6. The zero-order chi connectivity index (χ0) is 17.4. The van der Waals surface area contributed by atoms with Gasteiger partial charge in [-0.1, -0.05) is 30.3 Å². The summed E-state index contributed by atoms with van der Waals surface area (Å²) in [5.74, 6) is -0.140. The number of thiophene rings is 1. The van der Waals surface area contributed by atoms with E-state index in [0.29, 0.717) is 19.3 Å². The number of hydrogen-bond acceptors (Lipinski definition) is 3. The monoisotopic (exact) mass is 354 g/mol. The van der Waals surface area contributed by atoms with E-state index in [-0.39, 0.29) is 23.9 Å². The molecule has 25 heavy (non-hydrogen) atoms. The van der Waals surface area contributed by atoms with Crippen LogP contribution in [0.1, 0.15) is 30.4 Å². The van der Waals surface area contributed by atoms with Gasteiger partial charge < -0.3 is 10.6 Å². The number of primary amides is 1. The van der Waals surface area contributed by atoms with Crippen molar-refractivity contribution in [1.82, 2.24) is 4.90 Å². The molecule has 3 heterocycles. The lowest BCUT2D eigenvalue weighted by Gasteiger charge is -2.34. The van der Waals surface area contributed by atoms with Crippen molar-refractivity contribution in [1.29, 1.82) is 0 Å². The summed E-state index contributed by atoms with van der Waals surface area (Å²) in [6.07, 6.45) is 3.57. The van der Waals surface area contributed by atoms with E-state index in [4.69, 9.17) is 5.73 Å². The first-order valence-corrected chi connectivity index (χ1v) is 9.70. The average Bonchev–Trinajstić information content (AvgIpc) is 3.31. The van der Waals surface area contributed by atoms with Gasteiger partial charge in [0.2, 0.25) is 11.8 Å².